The molecule has 1 nitrogen and oxygen atoms in total. The molecular formula is C22H45N. The molecule has 1 heteroatoms. The van der Waals surface area contributed by atoms with Gasteiger partial charge in [-0.15, -0.1) is 0 Å². The highest BCUT2D eigenvalue weighted by Gasteiger charge is 2.22. The summed E-state index contributed by atoms with van der Waals surface area (Å²) >= 11 is 0. The Morgan fingerprint density at radius 3 is 2.09 bits per heavy atom. The lowest BCUT2D eigenvalue weighted by atomic mass is 9.91. The third kappa shape index (κ3) is 9.75. The van der Waals surface area contributed by atoms with Gasteiger partial charge in [0.15, 0.2) is 0 Å². The largest absolute Gasteiger partial charge is 0.300 e. The molecule has 0 aliphatic heterocycles. The van der Waals surface area contributed by atoms with Crippen molar-refractivity contribution in [2.45, 2.75) is 123 Å². The molecule has 0 aromatic rings. The molecular weight excluding hydrogens is 278 g/mol. The molecule has 0 N–H and O–H groups in total. The number of unbranched alkanes of at least 4 members (excludes halogenated alkanes) is 6. The second kappa shape index (κ2) is 14.3. The van der Waals surface area contributed by atoms with Gasteiger partial charge < -0.3 is 4.90 Å². The lowest BCUT2D eigenvalue weighted by Crippen LogP contribution is -2.40. The molecule has 138 valence electrons. The Bertz CT molecular complexity index is 244. The molecule has 1 fully saturated rings. The molecule has 1 atom stereocenters. The molecule has 0 heterocycles. The van der Waals surface area contributed by atoms with E-state index < -0.39 is 0 Å². The molecule has 1 unspecified atom stereocenters. The van der Waals surface area contributed by atoms with E-state index in [-0.39, 0.29) is 0 Å². The summed E-state index contributed by atoms with van der Waals surface area (Å²) in [6.45, 7) is 9.81. The highest BCUT2D eigenvalue weighted by Crippen LogP contribution is 2.25. The van der Waals surface area contributed by atoms with E-state index in [4.69, 9.17) is 0 Å². The highest BCUT2D eigenvalue weighted by atomic mass is 15.2. The Morgan fingerprint density at radius 1 is 0.783 bits per heavy atom. The summed E-state index contributed by atoms with van der Waals surface area (Å²) in [5.41, 5.74) is 0. The van der Waals surface area contributed by atoms with Crippen molar-refractivity contribution in [3.05, 3.63) is 0 Å². The van der Waals surface area contributed by atoms with Crippen LogP contribution >= 0.6 is 0 Å². The summed E-state index contributed by atoms with van der Waals surface area (Å²) < 4.78 is 0. The van der Waals surface area contributed by atoms with E-state index in [0.29, 0.717) is 0 Å². The predicted octanol–water partition coefficient (Wildman–Crippen LogP) is 7.20. The smallest absolute Gasteiger partial charge is 0.00953 e. The zero-order valence-corrected chi connectivity index (χ0v) is 16.6. The second-order valence-corrected chi connectivity index (χ2v) is 7.97. The van der Waals surface area contributed by atoms with E-state index in [2.05, 4.69) is 25.7 Å². The maximum atomic E-state index is 2.92. The molecule has 0 amide bonds. The molecule has 0 spiro atoms. The van der Waals surface area contributed by atoms with E-state index in [1.165, 1.54) is 109 Å². The maximum Gasteiger partial charge on any atom is 0.00953 e. The average molecular weight is 324 g/mol. The normalized spacial score (nSPS) is 17.7. The van der Waals surface area contributed by atoms with Gasteiger partial charge in [-0.2, -0.15) is 0 Å². The molecule has 0 saturated heterocycles. The van der Waals surface area contributed by atoms with Crippen LogP contribution in [0, 0.1) is 5.92 Å². The average Bonchev–Trinajstić information content (AvgIpc) is 2.60. The van der Waals surface area contributed by atoms with Crippen LogP contribution < -0.4 is 0 Å². The molecule has 1 aliphatic carbocycles. The minimum Gasteiger partial charge on any atom is -0.300 e. The first kappa shape index (κ1) is 21.0. The van der Waals surface area contributed by atoms with Gasteiger partial charge in [-0.3, -0.25) is 0 Å². The molecule has 1 saturated carbocycles. The minimum atomic E-state index is 0.912. The van der Waals surface area contributed by atoms with Gasteiger partial charge >= 0.3 is 0 Å². The van der Waals surface area contributed by atoms with Gasteiger partial charge in [0, 0.05) is 12.6 Å². The lowest BCUT2D eigenvalue weighted by molar-refractivity contribution is 0.125. The Morgan fingerprint density at radius 2 is 1.43 bits per heavy atom. The van der Waals surface area contributed by atoms with Crippen LogP contribution in [0.3, 0.4) is 0 Å². The third-order valence-corrected chi connectivity index (χ3v) is 5.93. The molecule has 0 aromatic carbocycles. The van der Waals surface area contributed by atoms with Crippen LogP contribution in [0.15, 0.2) is 0 Å². The standard InChI is InChI=1S/C22H45N/c1-4-7-9-10-11-15-19-23(22-17-13-12-14-18-22)20-21(6-3)16-8-5-2/h21-22H,4-20H2,1-3H3. The SMILES string of the molecule is CCCCCCCCN(CC(CC)CCCC)C1CCCCC1. The van der Waals surface area contributed by atoms with E-state index >= 15 is 0 Å². The first-order valence-electron chi connectivity index (χ1n) is 11.1. The maximum absolute atomic E-state index is 2.92. The van der Waals surface area contributed by atoms with Crippen molar-refractivity contribution in [2.24, 2.45) is 5.92 Å². The second-order valence-electron chi connectivity index (χ2n) is 7.97. The van der Waals surface area contributed by atoms with Crippen LogP contribution in [0.1, 0.15) is 117 Å². The van der Waals surface area contributed by atoms with Crippen molar-refractivity contribution in [1.82, 2.24) is 4.90 Å². The zero-order chi connectivity index (χ0) is 16.8. The van der Waals surface area contributed by atoms with Crippen LogP contribution in [0.5, 0.6) is 0 Å². The molecule has 1 aliphatic rings. The summed E-state index contributed by atoms with van der Waals surface area (Å²) in [4.78, 5) is 2.92. The monoisotopic (exact) mass is 323 g/mol. The van der Waals surface area contributed by atoms with Crippen molar-refractivity contribution in [1.29, 1.82) is 0 Å². The number of hydrogen-bond donors (Lipinski definition) is 0. The van der Waals surface area contributed by atoms with Crippen LogP contribution in [0.25, 0.3) is 0 Å². The zero-order valence-electron chi connectivity index (χ0n) is 16.6. The van der Waals surface area contributed by atoms with E-state index in [0.717, 1.165) is 12.0 Å². The highest BCUT2D eigenvalue weighted by molar-refractivity contribution is 4.78. The summed E-state index contributed by atoms with van der Waals surface area (Å²) in [6, 6.07) is 0.912. The summed E-state index contributed by atoms with van der Waals surface area (Å²) in [5.74, 6) is 0.942. The van der Waals surface area contributed by atoms with Gasteiger partial charge in [0.1, 0.15) is 0 Å². The fourth-order valence-electron chi connectivity index (χ4n) is 4.21. The number of nitrogens with zero attached hydrogens (tertiary/aromatic N) is 1. The third-order valence-electron chi connectivity index (χ3n) is 5.93. The Hall–Kier alpha value is -0.0400. The van der Waals surface area contributed by atoms with Crippen molar-refractivity contribution >= 4 is 0 Å². The Balaban J connectivity index is 2.37. The van der Waals surface area contributed by atoms with Crippen molar-refractivity contribution in [2.75, 3.05) is 13.1 Å². The van der Waals surface area contributed by atoms with Gasteiger partial charge in [0.2, 0.25) is 0 Å². The van der Waals surface area contributed by atoms with Crippen molar-refractivity contribution in [3.8, 4) is 0 Å². The van der Waals surface area contributed by atoms with Gasteiger partial charge in [-0.25, -0.2) is 0 Å². The van der Waals surface area contributed by atoms with Crippen LogP contribution in [0.2, 0.25) is 0 Å². The quantitative estimate of drug-likeness (QED) is 0.305. The topological polar surface area (TPSA) is 3.24 Å². The lowest BCUT2D eigenvalue weighted by Gasteiger charge is -2.36. The first-order chi connectivity index (χ1) is 11.3. The minimum absolute atomic E-state index is 0.912. The number of rotatable bonds is 14. The molecule has 1 rings (SSSR count). The van der Waals surface area contributed by atoms with Gasteiger partial charge in [-0.05, 0) is 38.1 Å². The van der Waals surface area contributed by atoms with Crippen LogP contribution in [0.4, 0.5) is 0 Å². The van der Waals surface area contributed by atoms with Crippen LogP contribution in [-0.4, -0.2) is 24.0 Å². The van der Waals surface area contributed by atoms with Crippen molar-refractivity contribution < 1.29 is 0 Å². The van der Waals surface area contributed by atoms with Gasteiger partial charge in [0.05, 0.1) is 0 Å². The summed E-state index contributed by atoms with van der Waals surface area (Å²) in [5, 5.41) is 0. The van der Waals surface area contributed by atoms with Crippen LogP contribution in [-0.2, 0) is 0 Å². The molecule has 23 heavy (non-hydrogen) atoms. The summed E-state index contributed by atoms with van der Waals surface area (Å²) in [7, 11) is 0. The van der Waals surface area contributed by atoms with E-state index in [1.54, 1.807) is 0 Å². The van der Waals surface area contributed by atoms with E-state index in [9.17, 15) is 0 Å². The predicted molar refractivity (Wildman–Crippen MR) is 105 cm³/mol. The van der Waals surface area contributed by atoms with Crippen molar-refractivity contribution in [3.63, 3.8) is 0 Å². The molecule has 0 aromatic heterocycles. The fourth-order valence-corrected chi connectivity index (χ4v) is 4.21. The summed E-state index contributed by atoms with van der Waals surface area (Å²) in [6.07, 6.45) is 21.6. The fraction of sp³-hybridized carbons (Fsp3) is 1.00. The van der Waals surface area contributed by atoms with E-state index in [1.807, 2.05) is 0 Å². The Kier molecular flexibility index (Phi) is 13.1. The Labute approximate surface area is 147 Å². The first-order valence-corrected chi connectivity index (χ1v) is 11.1. The number of hydrogen-bond acceptors (Lipinski definition) is 1. The van der Waals surface area contributed by atoms with Gasteiger partial charge in [0.25, 0.3) is 0 Å². The molecule has 0 radical (unpaired) electrons. The van der Waals surface area contributed by atoms with Gasteiger partial charge in [-0.1, -0.05) is 91.4 Å². The molecule has 0 bridgehead atoms.